The molecule has 0 radical (unpaired) electrons. The second kappa shape index (κ2) is 4.42. The smallest absolute Gasteiger partial charge is 0.256 e. The number of nitrogens with one attached hydrogen (secondary N) is 1. The van der Waals surface area contributed by atoms with Crippen LogP contribution in [0.4, 0.5) is 0 Å². The summed E-state index contributed by atoms with van der Waals surface area (Å²) < 4.78 is 0. The first kappa shape index (κ1) is 11.8. The lowest BCUT2D eigenvalue weighted by molar-refractivity contribution is -0.136. The SMILES string of the molecule is O=C1CCC(N2CCc3cnncc3C2=O)C(=O)N1. The molecule has 2 aliphatic rings. The molecule has 3 amide bonds. The van der Waals surface area contributed by atoms with Crippen molar-refractivity contribution in [2.24, 2.45) is 0 Å². The van der Waals surface area contributed by atoms with Crippen molar-refractivity contribution in [3.8, 4) is 0 Å². The molecule has 1 saturated heterocycles. The van der Waals surface area contributed by atoms with Gasteiger partial charge in [-0.3, -0.25) is 19.7 Å². The molecule has 0 spiro atoms. The molecule has 0 bridgehead atoms. The van der Waals surface area contributed by atoms with Crippen LogP contribution in [-0.2, 0) is 16.0 Å². The van der Waals surface area contributed by atoms with Crippen molar-refractivity contribution in [2.45, 2.75) is 25.3 Å². The number of aromatic nitrogens is 2. The molecule has 0 aliphatic carbocycles. The third-order valence-electron chi connectivity index (χ3n) is 3.51. The minimum Gasteiger partial charge on any atom is -0.326 e. The Balaban J connectivity index is 1.86. The number of amides is 3. The molecule has 3 rings (SSSR count). The fourth-order valence-corrected chi connectivity index (χ4v) is 2.51. The molecule has 1 aromatic rings. The predicted molar refractivity (Wildman–Crippen MR) is 62.9 cm³/mol. The molecule has 98 valence electrons. The van der Waals surface area contributed by atoms with Crippen LogP contribution in [0.25, 0.3) is 0 Å². The van der Waals surface area contributed by atoms with Crippen LogP contribution in [0.3, 0.4) is 0 Å². The summed E-state index contributed by atoms with van der Waals surface area (Å²) >= 11 is 0. The van der Waals surface area contributed by atoms with E-state index in [-0.39, 0.29) is 18.2 Å². The summed E-state index contributed by atoms with van der Waals surface area (Å²) in [7, 11) is 0. The third-order valence-corrected chi connectivity index (χ3v) is 3.51. The van der Waals surface area contributed by atoms with Gasteiger partial charge >= 0.3 is 0 Å². The molecular formula is C12H12N4O3. The first-order chi connectivity index (χ1) is 9.16. The Morgan fingerprint density at radius 3 is 2.74 bits per heavy atom. The van der Waals surface area contributed by atoms with Crippen LogP contribution < -0.4 is 5.32 Å². The number of hydrogen-bond donors (Lipinski definition) is 1. The lowest BCUT2D eigenvalue weighted by Gasteiger charge is -2.35. The number of carbonyl (C=O) groups excluding carboxylic acids is 3. The summed E-state index contributed by atoms with van der Waals surface area (Å²) in [6.45, 7) is 0.462. The first-order valence-corrected chi connectivity index (χ1v) is 6.11. The van der Waals surface area contributed by atoms with Crippen LogP contribution in [0.5, 0.6) is 0 Å². The van der Waals surface area contributed by atoms with Crippen LogP contribution in [0, 0.1) is 0 Å². The second-order valence-electron chi connectivity index (χ2n) is 4.64. The van der Waals surface area contributed by atoms with Crippen LogP contribution in [0.15, 0.2) is 12.4 Å². The topological polar surface area (TPSA) is 92.3 Å². The lowest BCUT2D eigenvalue weighted by Crippen LogP contribution is -2.56. The van der Waals surface area contributed by atoms with E-state index in [2.05, 4.69) is 15.5 Å². The Labute approximate surface area is 109 Å². The normalized spacial score (nSPS) is 23.1. The van der Waals surface area contributed by atoms with Crippen molar-refractivity contribution in [3.63, 3.8) is 0 Å². The standard InChI is InChI=1S/C12H12N4O3/c17-10-2-1-9(11(18)15-10)16-4-3-7-5-13-14-6-8(7)12(16)19/h5-6,9H,1-4H2,(H,15,17,18). The second-order valence-corrected chi connectivity index (χ2v) is 4.64. The van der Waals surface area contributed by atoms with E-state index in [1.165, 1.54) is 11.1 Å². The molecule has 7 nitrogen and oxygen atoms in total. The zero-order chi connectivity index (χ0) is 13.4. The molecule has 1 aromatic heterocycles. The number of fused-ring (bicyclic) bond motifs is 1. The highest BCUT2D eigenvalue weighted by Gasteiger charge is 2.37. The van der Waals surface area contributed by atoms with Crippen molar-refractivity contribution >= 4 is 17.7 Å². The van der Waals surface area contributed by atoms with Crippen molar-refractivity contribution in [3.05, 3.63) is 23.5 Å². The van der Waals surface area contributed by atoms with Gasteiger partial charge in [0.15, 0.2) is 0 Å². The molecule has 1 atom stereocenters. The number of hydrogen-bond acceptors (Lipinski definition) is 5. The summed E-state index contributed by atoms with van der Waals surface area (Å²) in [6.07, 6.45) is 4.30. The fraction of sp³-hybridized carbons (Fsp3) is 0.417. The van der Waals surface area contributed by atoms with E-state index in [9.17, 15) is 14.4 Å². The zero-order valence-corrected chi connectivity index (χ0v) is 10.1. The van der Waals surface area contributed by atoms with E-state index in [1.54, 1.807) is 6.20 Å². The number of rotatable bonds is 1. The predicted octanol–water partition coefficient (Wildman–Crippen LogP) is -0.720. The van der Waals surface area contributed by atoms with Crippen LogP contribution in [0.2, 0.25) is 0 Å². The third kappa shape index (κ3) is 1.96. The maximum absolute atomic E-state index is 12.3. The molecule has 0 saturated carbocycles. The van der Waals surface area contributed by atoms with E-state index in [0.717, 1.165) is 5.56 Å². The van der Waals surface area contributed by atoms with Gasteiger partial charge in [0.05, 0.1) is 18.0 Å². The van der Waals surface area contributed by atoms with E-state index >= 15 is 0 Å². The largest absolute Gasteiger partial charge is 0.326 e. The van der Waals surface area contributed by atoms with E-state index in [4.69, 9.17) is 0 Å². The number of nitrogens with zero attached hydrogens (tertiary/aromatic N) is 3. The lowest BCUT2D eigenvalue weighted by atomic mass is 9.97. The zero-order valence-electron chi connectivity index (χ0n) is 10.1. The Bertz CT molecular complexity index is 572. The molecule has 1 N–H and O–H groups in total. The number of piperidine rings is 1. The van der Waals surface area contributed by atoms with Gasteiger partial charge in [-0.25, -0.2) is 0 Å². The van der Waals surface area contributed by atoms with Crippen molar-refractivity contribution in [1.29, 1.82) is 0 Å². The van der Waals surface area contributed by atoms with Crippen LogP contribution >= 0.6 is 0 Å². The molecule has 7 heteroatoms. The Morgan fingerprint density at radius 1 is 1.16 bits per heavy atom. The monoisotopic (exact) mass is 260 g/mol. The highest BCUT2D eigenvalue weighted by Crippen LogP contribution is 2.22. The van der Waals surface area contributed by atoms with Gasteiger partial charge in [0.2, 0.25) is 11.8 Å². The van der Waals surface area contributed by atoms with E-state index in [1.807, 2.05) is 0 Å². The minimum atomic E-state index is -0.563. The van der Waals surface area contributed by atoms with Crippen molar-refractivity contribution in [1.82, 2.24) is 20.4 Å². The summed E-state index contributed by atoms with van der Waals surface area (Å²) in [5, 5.41) is 9.73. The van der Waals surface area contributed by atoms with Crippen LogP contribution in [-0.4, -0.2) is 45.4 Å². The van der Waals surface area contributed by atoms with Gasteiger partial charge in [-0.15, -0.1) is 0 Å². The minimum absolute atomic E-state index is 0.217. The van der Waals surface area contributed by atoms with Gasteiger partial charge in [0.25, 0.3) is 5.91 Å². The molecule has 1 fully saturated rings. The fourth-order valence-electron chi connectivity index (χ4n) is 2.51. The van der Waals surface area contributed by atoms with Gasteiger partial charge < -0.3 is 4.90 Å². The molecule has 3 heterocycles. The first-order valence-electron chi connectivity index (χ1n) is 6.11. The summed E-state index contributed by atoms with van der Waals surface area (Å²) in [5.41, 5.74) is 1.34. The Kier molecular flexibility index (Phi) is 2.73. The van der Waals surface area contributed by atoms with E-state index in [0.29, 0.717) is 24.9 Å². The molecular weight excluding hydrogens is 248 g/mol. The van der Waals surface area contributed by atoms with Gasteiger partial charge in [0.1, 0.15) is 6.04 Å². The van der Waals surface area contributed by atoms with E-state index < -0.39 is 11.9 Å². The Hall–Kier alpha value is -2.31. The van der Waals surface area contributed by atoms with Crippen molar-refractivity contribution < 1.29 is 14.4 Å². The maximum atomic E-state index is 12.3. The van der Waals surface area contributed by atoms with Gasteiger partial charge in [0, 0.05) is 13.0 Å². The van der Waals surface area contributed by atoms with Crippen LogP contribution in [0.1, 0.15) is 28.8 Å². The van der Waals surface area contributed by atoms with Gasteiger partial charge in [-0.1, -0.05) is 0 Å². The average Bonchev–Trinajstić information content (AvgIpc) is 2.41. The van der Waals surface area contributed by atoms with Crippen molar-refractivity contribution in [2.75, 3.05) is 6.54 Å². The van der Waals surface area contributed by atoms with Gasteiger partial charge in [-0.05, 0) is 18.4 Å². The maximum Gasteiger partial charge on any atom is 0.256 e. The molecule has 1 unspecified atom stereocenters. The number of imide groups is 1. The summed E-state index contributed by atoms with van der Waals surface area (Å²) in [5.74, 6) is -0.891. The quantitative estimate of drug-likeness (QED) is 0.673. The summed E-state index contributed by atoms with van der Waals surface area (Å²) in [6, 6.07) is -0.563. The summed E-state index contributed by atoms with van der Waals surface area (Å²) in [4.78, 5) is 36.8. The Morgan fingerprint density at radius 2 is 1.95 bits per heavy atom. The average molecular weight is 260 g/mol. The highest BCUT2D eigenvalue weighted by molar-refractivity contribution is 6.04. The molecule has 19 heavy (non-hydrogen) atoms. The molecule has 0 aromatic carbocycles. The van der Waals surface area contributed by atoms with Gasteiger partial charge in [-0.2, -0.15) is 10.2 Å². The highest BCUT2D eigenvalue weighted by atomic mass is 16.2. The molecule has 2 aliphatic heterocycles. The number of carbonyl (C=O) groups is 3.